The van der Waals surface area contributed by atoms with Crippen LogP contribution in [0.25, 0.3) is 10.6 Å². The molecule has 1 fully saturated rings. The first-order valence-corrected chi connectivity index (χ1v) is 9.89. The average Bonchev–Trinajstić information content (AvgIpc) is 3.25. The highest BCUT2D eigenvalue weighted by atomic mass is 32.1. The zero-order valence-electron chi connectivity index (χ0n) is 15.6. The Kier molecular flexibility index (Phi) is 5.55. The van der Waals surface area contributed by atoms with Crippen LogP contribution in [0.15, 0.2) is 54.7 Å². The van der Waals surface area contributed by atoms with E-state index in [2.05, 4.69) is 15.2 Å². The topological polar surface area (TPSA) is 63.7 Å². The minimum absolute atomic E-state index is 0.156. The van der Waals surface area contributed by atoms with Gasteiger partial charge in [-0.25, -0.2) is 4.98 Å². The van der Waals surface area contributed by atoms with Gasteiger partial charge in [-0.1, -0.05) is 0 Å². The van der Waals surface area contributed by atoms with Gasteiger partial charge in [0.1, 0.15) is 15.6 Å². The fraction of sp³-hybridized carbons (Fsp3) is 0.238. The van der Waals surface area contributed by atoms with E-state index in [-0.39, 0.29) is 5.91 Å². The Hall–Kier alpha value is -2.90. The molecule has 28 heavy (non-hydrogen) atoms. The van der Waals surface area contributed by atoms with Crippen LogP contribution in [-0.2, 0) is 4.74 Å². The molecule has 3 aromatic rings. The number of ether oxygens (including phenoxy) is 2. The highest BCUT2D eigenvalue weighted by molar-refractivity contribution is 7.17. The minimum atomic E-state index is -0.156. The summed E-state index contributed by atoms with van der Waals surface area (Å²) in [5, 5.41) is 3.74. The van der Waals surface area contributed by atoms with Gasteiger partial charge >= 0.3 is 0 Å². The SMILES string of the molecule is COc1ccc(-c2ncc(C(=O)Nc3ccc(N4CCOCC4)cc3)s2)cc1. The van der Waals surface area contributed by atoms with Crippen molar-refractivity contribution in [2.45, 2.75) is 0 Å². The quantitative estimate of drug-likeness (QED) is 0.710. The molecule has 144 valence electrons. The molecule has 1 N–H and O–H groups in total. The fourth-order valence-corrected chi connectivity index (χ4v) is 3.83. The van der Waals surface area contributed by atoms with Gasteiger partial charge in [-0.15, -0.1) is 11.3 Å². The van der Waals surface area contributed by atoms with Gasteiger partial charge < -0.3 is 19.7 Å². The summed E-state index contributed by atoms with van der Waals surface area (Å²) in [5.41, 5.74) is 2.86. The lowest BCUT2D eigenvalue weighted by Gasteiger charge is -2.28. The van der Waals surface area contributed by atoms with Crippen molar-refractivity contribution in [3.8, 4) is 16.3 Å². The van der Waals surface area contributed by atoms with Gasteiger partial charge in [-0.3, -0.25) is 4.79 Å². The Morgan fingerprint density at radius 3 is 2.50 bits per heavy atom. The Balaban J connectivity index is 1.41. The zero-order chi connectivity index (χ0) is 19.3. The molecule has 0 bridgehead atoms. The first-order chi connectivity index (χ1) is 13.7. The Morgan fingerprint density at radius 2 is 1.82 bits per heavy atom. The molecule has 0 atom stereocenters. The maximum Gasteiger partial charge on any atom is 0.267 e. The van der Waals surface area contributed by atoms with E-state index in [4.69, 9.17) is 9.47 Å². The van der Waals surface area contributed by atoms with Gasteiger partial charge in [0, 0.05) is 30.0 Å². The second-order valence-electron chi connectivity index (χ2n) is 6.36. The molecule has 4 rings (SSSR count). The molecule has 0 spiro atoms. The lowest BCUT2D eigenvalue weighted by atomic mass is 10.2. The summed E-state index contributed by atoms with van der Waals surface area (Å²) in [6, 6.07) is 15.5. The van der Waals surface area contributed by atoms with E-state index in [0.717, 1.165) is 54.0 Å². The molecule has 1 aliphatic heterocycles. The van der Waals surface area contributed by atoms with Crippen LogP contribution in [0.1, 0.15) is 9.67 Å². The number of carbonyl (C=O) groups excluding carboxylic acids is 1. The van der Waals surface area contributed by atoms with Crippen molar-refractivity contribution in [2.24, 2.45) is 0 Å². The van der Waals surface area contributed by atoms with Crippen molar-refractivity contribution >= 4 is 28.6 Å². The Morgan fingerprint density at radius 1 is 1.11 bits per heavy atom. The third kappa shape index (κ3) is 4.16. The van der Waals surface area contributed by atoms with Crippen LogP contribution in [0.2, 0.25) is 0 Å². The van der Waals surface area contributed by atoms with Crippen molar-refractivity contribution in [2.75, 3.05) is 43.6 Å². The summed E-state index contributed by atoms with van der Waals surface area (Å²) in [6.07, 6.45) is 1.61. The second-order valence-corrected chi connectivity index (χ2v) is 7.39. The predicted molar refractivity (Wildman–Crippen MR) is 112 cm³/mol. The number of thiazole rings is 1. The van der Waals surface area contributed by atoms with Crippen LogP contribution < -0.4 is 15.0 Å². The van der Waals surface area contributed by atoms with Gasteiger partial charge in [0.2, 0.25) is 0 Å². The van der Waals surface area contributed by atoms with E-state index in [0.29, 0.717) is 4.88 Å². The maximum absolute atomic E-state index is 12.6. The number of nitrogens with zero attached hydrogens (tertiary/aromatic N) is 2. The summed E-state index contributed by atoms with van der Waals surface area (Å²) in [6.45, 7) is 3.28. The van der Waals surface area contributed by atoms with Crippen molar-refractivity contribution < 1.29 is 14.3 Å². The number of anilines is 2. The molecule has 0 radical (unpaired) electrons. The molecule has 6 nitrogen and oxygen atoms in total. The lowest BCUT2D eigenvalue weighted by molar-refractivity contribution is 0.103. The summed E-state index contributed by atoms with van der Waals surface area (Å²) < 4.78 is 10.6. The van der Waals surface area contributed by atoms with Crippen LogP contribution in [-0.4, -0.2) is 44.3 Å². The van der Waals surface area contributed by atoms with Crippen LogP contribution in [0, 0.1) is 0 Å². The summed E-state index contributed by atoms with van der Waals surface area (Å²) in [7, 11) is 1.63. The number of nitrogens with one attached hydrogen (secondary N) is 1. The van der Waals surface area contributed by atoms with Gasteiger partial charge in [0.15, 0.2) is 0 Å². The molecule has 7 heteroatoms. The van der Waals surface area contributed by atoms with E-state index < -0.39 is 0 Å². The lowest BCUT2D eigenvalue weighted by Crippen LogP contribution is -2.36. The number of aromatic nitrogens is 1. The summed E-state index contributed by atoms with van der Waals surface area (Å²) in [4.78, 5) is 19.8. The van der Waals surface area contributed by atoms with Gasteiger partial charge in [-0.2, -0.15) is 0 Å². The number of morpholine rings is 1. The van der Waals surface area contributed by atoms with Gasteiger partial charge in [0.25, 0.3) is 5.91 Å². The zero-order valence-corrected chi connectivity index (χ0v) is 16.4. The first-order valence-electron chi connectivity index (χ1n) is 9.07. The second kappa shape index (κ2) is 8.41. The number of carbonyl (C=O) groups is 1. The highest BCUT2D eigenvalue weighted by Gasteiger charge is 2.14. The van der Waals surface area contributed by atoms with Gasteiger partial charge in [0.05, 0.1) is 26.5 Å². The monoisotopic (exact) mass is 395 g/mol. The van der Waals surface area contributed by atoms with E-state index in [1.54, 1.807) is 13.3 Å². The van der Waals surface area contributed by atoms with Crippen molar-refractivity contribution in [3.05, 3.63) is 59.6 Å². The van der Waals surface area contributed by atoms with Crippen molar-refractivity contribution in [3.63, 3.8) is 0 Å². The fourth-order valence-electron chi connectivity index (χ4n) is 3.02. The third-order valence-corrected chi connectivity index (χ3v) is 5.61. The van der Waals surface area contributed by atoms with Crippen LogP contribution >= 0.6 is 11.3 Å². The van der Waals surface area contributed by atoms with E-state index in [1.807, 2.05) is 48.5 Å². The van der Waals surface area contributed by atoms with Crippen molar-refractivity contribution in [1.29, 1.82) is 0 Å². The summed E-state index contributed by atoms with van der Waals surface area (Å²) in [5.74, 6) is 0.634. The summed E-state index contributed by atoms with van der Waals surface area (Å²) >= 11 is 1.37. The van der Waals surface area contributed by atoms with Crippen LogP contribution in [0.3, 0.4) is 0 Å². The molecular formula is C21H21N3O3S. The molecule has 1 aliphatic rings. The normalized spacial score (nSPS) is 14.0. The maximum atomic E-state index is 12.6. The molecule has 1 amide bonds. The molecule has 2 heterocycles. The predicted octanol–water partition coefficient (Wildman–Crippen LogP) is 3.91. The number of rotatable bonds is 5. The number of amides is 1. The molecule has 1 aromatic heterocycles. The molecule has 1 saturated heterocycles. The molecule has 0 aliphatic carbocycles. The smallest absolute Gasteiger partial charge is 0.267 e. The molecule has 0 saturated carbocycles. The number of benzene rings is 2. The van der Waals surface area contributed by atoms with Crippen LogP contribution in [0.5, 0.6) is 5.75 Å². The minimum Gasteiger partial charge on any atom is -0.497 e. The third-order valence-electron chi connectivity index (χ3n) is 4.57. The highest BCUT2D eigenvalue weighted by Crippen LogP contribution is 2.27. The van der Waals surface area contributed by atoms with Crippen LogP contribution in [0.4, 0.5) is 11.4 Å². The number of methoxy groups -OCH3 is 1. The molecule has 2 aromatic carbocycles. The largest absolute Gasteiger partial charge is 0.497 e. The van der Waals surface area contributed by atoms with E-state index in [1.165, 1.54) is 11.3 Å². The van der Waals surface area contributed by atoms with E-state index in [9.17, 15) is 4.79 Å². The number of hydrogen-bond donors (Lipinski definition) is 1. The Labute approximate surface area is 167 Å². The first kappa shape index (κ1) is 18.5. The van der Waals surface area contributed by atoms with Crippen molar-refractivity contribution in [1.82, 2.24) is 4.98 Å². The van der Waals surface area contributed by atoms with Gasteiger partial charge in [-0.05, 0) is 48.5 Å². The average molecular weight is 395 g/mol. The number of hydrogen-bond acceptors (Lipinski definition) is 6. The van der Waals surface area contributed by atoms with E-state index >= 15 is 0 Å². The standard InChI is InChI=1S/C21H21N3O3S/c1-26-18-8-2-15(3-9-18)21-22-14-19(28-21)20(25)23-16-4-6-17(7-5-16)24-10-12-27-13-11-24/h2-9,14H,10-13H2,1H3,(H,23,25). The molecule has 0 unspecified atom stereocenters. The molecular weight excluding hydrogens is 374 g/mol. The Bertz CT molecular complexity index is 932.